The van der Waals surface area contributed by atoms with Crippen molar-refractivity contribution < 1.29 is 18.4 Å². The Bertz CT molecular complexity index is 2970. The summed E-state index contributed by atoms with van der Waals surface area (Å²) in [4.78, 5) is 64.2. The SMILES string of the molecule is CC(=O)Cc1cc(Cl)ccn1.CC(=O)Cc1cc(Nc2cc(-c3cc(Cl)ccc3F)c(=O)[nH]c2C(C)C)ccn1.CC(C)c1[nH]c(=O)c(-c2cc(Cl)ccc2F)cc1N.Nc1cc(Cl)ccn1. The highest BCUT2D eigenvalue weighted by molar-refractivity contribution is 6.31. The highest BCUT2D eigenvalue weighted by Crippen LogP contribution is 2.31. The Labute approximate surface area is 406 Å². The minimum absolute atomic E-state index is 0.0141. The van der Waals surface area contributed by atoms with Crippen molar-refractivity contribution in [1.29, 1.82) is 0 Å². The molecular weight excluding hydrogens is 944 g/mol. The number of nitrogens with one attached hydrogen (secondary N) is 3. The molecule has 0 atom stereocenters. The van der Waals surface area contributed by atoms with Crippen LogP contribution in [0.1, 0.15) is 76.2 Å². The zero-order valence-electron chi connectivity index (χ0n) is 37.3. The van der Waals surface area contributed by atoms with Crippen molar-refractivity contribution in [2.45, 2.75) is 66.2 Å². The maximum absolute atomic E-state index is 14.4. The maximum Gasteiger partial charge on any atom is 0.256 e. The van der Waals surface area contributed by atoms with Crippen LogP contribution in [-0.2, 0) is 22.4 Å². The number of pyridine rings is 5. The van der Waals surface area contributed by atoms with Gasteiger partial charge >= 0.3 is 0 Å². The minimum atomic E-state index is -0.532. The first kappa shape index (κ1) is 53.2. The molecule has 67 heavy (non-hydrogen) atoms. The Morgan fingerprint density at radius 2 is 1.03 bits per heavy atom. The summed E-state index contributed by atoms with van der Waals surface area (Å²) in [5.41, 5.74) is 15.5. The minimum Gasteiger partial charge on any atom is -0.397 e. The molecule has 5 aromatic heterocycles. The predicted molar refractivity (Wildman–Crippen MR) is 267 cm³/mol. The Balaban J connectivity index is 0.000000219. The summed E-state index contributed by atoms with van der Waals surface area (Å²) >= 11 is 23.0. The largest absolute Gasteiger partial charge is 0.397 e. The van der Waals surface area contributed by atoms with E-state index in [1.807, 2.05) is 27.7 Å². The zero-order chi connectivity index (χ0) is 49.5. The lowest BCUT2D eigenvalue weighted by Gasteiger charge is -2.17. The lowest BCUT2D eigenvalue weighted by molar-refractivity contribution is -0.117. The number of carbonyl (C=O) groups excluding carboxylic acids is 2. The number of nitrogen functional groups attached to an aromatic ring is 2. The first-order valence-corrected chi connectivity index (χ1v) is 22.0. The van der Waals surface area contributed by atoms with Gasteiger partial charge in [-0.2, -0.15) is 0 Å². The van der Waals surface area contributed by atoms with Crippen molar-refractivity contribution >= 4 is 80.9 Å². The van der Waals surface area contributed by atoms with Gasteiger partial charge in [0, 0.05) is 91.1 Å². The molecule has 7 N–H and O–H groups in total. The molecule has 7 rings (SSSR count). The van der Waals surface area contributed by atoms with Gasteiger partial charge in [0.15, 0.2) is 0 Å². The molecule has 0 saturated heterocycles. The third-order valence-corrected chi connectivity index (χ3v) is 10.2. The van der Waals surface area contributed by atoms with E-state index in [9.17, 15) is 28.0 Å². The number of anilines is 4. The highest BCUT2D eigenvalue weighted by Gasteiger charge is 2.17. The van der Waals surface area contributed by atoms with E-state index in [1.165, 1.54) is 56.3 Å². The average molecular weight is 993 g/mol. The van der Waals surface area contributed by atoms with Crippen LogP contribution in [0.5, 0.6) is 0 Å². The van der Waals surface area contributed by atoms with E-state index < -0.39 is 17.2 Å². The molecule has 0 aliphatic carbocycles. The third-order valence-electron chi connectivity index (χ3n) is 9.24. The number of benzene rings is 2. The quantitative estimate of drug-likeness (QED) is 0.0877. The smallest absolute Gasteiger partial charge is 0.256 e. The molecule has 0 amide bonds. The molecule has 2 aromatic carbocycles. The second kappa shape index (κ2) is 24.9. The summed E-state index contributed by atoms with van der Waals surface area (Å²) in [5.74, 6) is -0.368. The maximum atomic E-state index is 14.4. The Kier molecular flexibility index (Phi) is 19.8. The Morgan fingerprint density at radius 3 is 1.49 bits per heavy atom. The predicted octanol–water partition coefficient (Wildman–Crippen LogP) is 12.0. The highest BCUT2D eigenvalue weighted by atomic mass is 35.5. The van der Waals surface area contributed by atoms with Crippen LogP contribution < -0.4 is 27.9 Å². The molecule has 0 aliphatic heterocycles. The van der Waals surface area contributed by atoms with E-state index in [2.05, 4.69) is 30.2 Å². The number of aromatic nitrogens is 5. The first-order valence-electron chi connectivity index (χ1n) is 20.5. The van der Waals surface area contributed by atoms with Gasteiger partial charge in [0.2, 0.25) is 0 Å². The van der Waals surface area contributed by atoms with Crippen LogP contribution in [0.15, 0.2) is 113 Å². The molecule has 12 nitrogen and oxygen atoms in total. The van der Waals surface area contributed by atoms with Gasteiger partial charge in [-0.3, -0.25) is 29.1 Å². The molecule has 0 saturated carbocycles. The van der Waals surface area contributed by atoms with Crippen LogP contribution in [0.2, 0.25) is 20.1 Å². The lowest BCUT2D eigenvalue weighted by atomic mass is 10.0. The number of hydrogen-bond donors (Lipinski definition) is 5. The summed E-state index contributed by atoms with van der Waals surface area (Å²) in [6.07, 6.45) is 5.37. The normalized spacial score (nSPS) is 10.5. The van der Waals surface area contributed by atoms with E-state index in [1.54, 1.807) is 61.1 Å². The second-order valence-electron chi connectivity index (χ2n) is 15.6. The molecule has 0 radical (unpaired) electrons. The van der Waals surface area contributed by atoms with E-state index >= 15 is 0 Å². The number of nitrogens with two attached hydrogens (primary N) is 2. The number of nitrogens with zero attached hydrogens (tertiary/aromatic N) is 3. The van der Waals surface area contributed by atoms with Crippen LogP contribution in [0, 0.1) is 11.6 Å². The average Bonchev–Trinajstić information content (AvgIpc) is 3.24. The molecule has 7 aromatic rings. The van der Waals surface area contributed by atoms with Gasteiger partial charge in [-0.15, -0.1) is 0 Å². The summed E-state index contributed by atoms with van der Waals surface area (Å²) in [6, 6.07) is 21.5. The lowest BCUT2D eigenvalue weighted by Crippen LogP contribution is -2.15. The van der Waals surface area contributed by atoms with Crippen LogP contribution in [0.3, 0.4) is 0 Å². The molecule has 0 bridgehead atoms. The summed E-state index contributed by atoms with van der Waals surface area (Å²) in [7, 11) is 0. The van der Waals surface area contributed by atoms with E-state index in [0.29, 0.717) is 66.5 Å². The standard InChI is InChI=1S/C22H21ClFN3O2.C14H14ClFN2O.C8H8ClNO.C5H5ClN2/c1-12(2)21-20(26-15-6-7-25-16(10-15)8-13(3)28)11-18(22(29)27-21)17-9-14(23)4-5-19(17)24;1-7(2)13-12(17)6-10(14(19)18-13)9-5-8(15)3-4-11(9)16;1-6(11)4-8-5-7(9)2-3-10-8;6-4-1-2-8-5(7)3-4/h4-7,9-12H,8H2,1-3H3,(H,25,26)(H,27,29);3-7H,17H2,1-2H3,(H,18,19);2-3,5H,4H2,1H3;1-3H,(H2,7,8). The number of hydrogen-bond acceptors (Lipinski definition) is 10. The Hall–Kier alpha value is -6.45. The van der Waals surface area contributed by atoms with Crippen molar-refractivity contribution in [1.82, 2.24) is 24.9 Å². The fourth-order valence-corrected chi connectivity index (χ4v) is 6.93. The van der Waals surface area contributed by atoms with Gasteiger partial charge in [0.05, 0.1) is 22.5 Å². The zero-order valence-corrected chi connectivity index (χ0v) is 40.3. The van der Waals surface area contributed by atoms with Gasteiger partial charge in [-0.05, 0) is 111 Å². The fraction of sp³-hybridized carbons (Fsp3) is 0.204. The van der Waals surface area contributed by atoms with Crippen LogP contribution in [0.25, 0.3) is 22.3 Å². The van der Waals surface area contributed by atoms with E-state index in [4.69, 9.17) is 57.9 Å². The van der Waals surface area contributed by atoms with E-state index in [-0.39, 0.29) is 57.6 Å². The molecule has 350 valence electrons. The number of Topliss-reactive ketones (excluding diaryl/α,β-unsaturated/α-hetero) is 2. The summed E-state index contributed by atoms with van der Waals surface area (Å²) < 4.78 is 28.1. The van der Waals surface area contributed by atoms with Crippen molar-refractivity contribution in [3.63, 3.8) is 0 Å². The molecule has 18 heteroatoms. The number of rotatable bonds is 10. The van der Waals surface area contributed by atoms with Gasteiger partial charge in [0.25, 0.3) is 11.1 Å². The number of aromatic amines is 2. The number of ketones is 2. The molecule has 0 spiro atoms. The molecule has 0 aliphatic rings. The monoisotopic (exact) mass is 990 g/mol. The summed E-state index contributed by atoms with van der Waals surface area (Å²) in [6.45, 7) is 10.8. The van der Waals surface area contributed by atoms with Crippen molar-refractivity contribution in [2.24, 2.45) is 0 Å². The number of halogens is 6. The van der Waals surface area contributed by atoms with Crippen LogP contribution >= 0.6 is 46.4 Å². The molecule has 5 heterocycles. The second-order valence-corrected chi connectivity index (χ2v) is 17.3. The van der Waals surface area contributed by atoms with Crippen LogP contribution in [0.4, 0.5) is 31.7 Å². The molecule has 0 fully saturated rings. The van der Waals surface area contributed by atoms with Crippen molar-refractivity contribution in [3.05, 3.63) is 179 Å². The Morgan fingerprint density at radius 1 is 0.582 bits per heavy atom. The van der Waals surface area contributed by atoms with Gasteiger partial charge < -0.3 is 26.8 Å². The van der Waals surface area contributed by atoms with E-state index in [0.717, 1.165) is 5.69 Å². The van der Waals surface area contributed by atoms with Gasteiger partial charge in [-0.25, -0.2) is 13.8 Å². The topological polar surface area (TPSA) is 203 Å². The van der Waals surface area contributed by atoms with Crippen LogP contribution in [-0.4, -0.2) is 36.5 Å². The molecule has 0 unspecified atom stereocenters. The first-order chi connectivity index (χ1) is 31.6. The summed E-state index contributed by atoms with van der Waals surface area (Å²) in [5, 5.41) is 5.21. The number of H-pyrrole nitrogens is 2. The van der Waals surface area contributed by atoms with Crippen molar-refractivity contribution in [3.8, 4) is 22.3 Å². The fourth-order valence-electron chi connectivity index (χ4n) is 6.23. The van der Waals surface area contributed by atoms with Gasteiger partial charge in [0.1, 0.15) is 29.0 Å². The van der Waals surface area contributed by atoms with Crippen molar-refractivity contribution in [2.75, 3.05) is 16.8 Å². The molecular formula is C49H48Cl4F2N8O4. The van der Waals surface area contributed by atoms with Gasteiger partial charge in [-0.1, -0.05) is 74.1 Å². The third kappa shape index (κ3) is 16.4. The number of carbonyl (C=O) groups is 2.